The van der Waals surface area contributed by atoms with Gasteiger partial charge in [0.05, 0.1) is 24.6 Å². The van der Waals surface area contributed by atoms with Crippen molar-refractivity contribution in [1.82, 2.24) is 19.7 Å². The van der Waals surface area contributed by atoms with Gasteiger partial charge in [-0.2, -0.15) is 0 Å². The summed E-state index contributed by atoms with van der Waals surface area (Å²) in [6.45, 7) is 8.17. The highest BCUT2D eigenvalue weighted by molar-refractivity contribution is 6.01. The molecule has 192 valence electrons. The summed E-state index contributed by atoms with van der Waals surface area (Å²) in [5.41, 5.74) is 4.09. The molecule has 1 aromatic carbocycles. The van der Waals surface area contributed by atoms with Crippen LogP contribution in [0.1, 0.15) is 62.5 Å². The minimum Gasteiger partial charge on any atom is -0.473 e. The molecule has 8 heteroatoms. The van der Waals surface area contributed by atoms with E-state index < -0.39 is 5.97 Å². The highest BCUT2D eigenvalue weighted by atomic mass is 16.5. The highest BCUT2D eigenvalue weighted by Crippen LogP contribution is 2.39. The van der Waals surface area contributed by atoms with Crippen molar-refractivity contribution in [2.45, 2.75) is 58.1 Å². The van der Waals surface area contributed by atoms with Gasteiger partial charge in [0.1, 0.15) is 0 Å². The van der Waals surface area contributed by atoms with Gasteiger partial charge in [0, 0.05) is 37.4 Å². The summed E-state index contributed by atoms with van der Waals surface area (Å²) in [4.78, 5) is 22.2. The molecule has 1 aliphatic heterocycles. The molecule has 0 N–H and O–H groups in total. The molecule has 3 heterocycles. The Morgan fingerprint density at radius 2 is 1.72 bits per heavy atom. The van der Waals surface area contributed by atoms with Crippen molar-refractivity contribution in [3.63, 3.8) is 0 Å². The molecule has 2 aromatic heterocycles. The number of carbonyl (C=O) groups excluding carboxylic acids is 1. The summed E-state index contributed by atoms with van der Waals surface area (Å²) >= 11 is 0. The molecule has 0 spiro atoms. The lowest BCUT2D eigenvalue weighted by Crippen LogP contribution is -2.44. The summed E-state index contributed by atoms with van der Waals surface area (Å²) < 4.78 is 13.3. The van der Waals surface area contributed by atoms with E-state index in [2.05, 4.69) is 41.1 Å². The molecule has 0 bridgehead atoms. The fourth-order valence-corrected chi connectivity index (χ4v) is 5.34. The van der Waals surface area contributed by atoms with Crippen molar-refractivity contribution in [3.05, 3.63) is 36.0 Å². The van der Waals surface area contributed by atoms with E-state index >= 15 is 0 Å². The second kappa shape index (κ2) is 10.5. The van der Waals surface area contributed by atoms with Crippen LogP contribution in [0.25, 0.3) is 22.2 Å². The van der Waals surface area contributed by atoms with Crippen molar-refractivity contribution in [1.29, 1.82) is 0 Å². The Labute approximate surface area is 213 Å². The average molecular weight is 492 g/mol. The minimum absolute atomic E-state index is 0.0318. The first-order chi connectivity index (χ1) is 17.4. The molecule has 1 aliphatic carbocycles. The van der Waals surface area contributed by atoms with Crippen molar-refractivity contribution in [2.24, 2.45) is 0 Å². The smallest absolute Gasteiger partial charge is 0.356 e. The van der Waals surface area contributed by atoms with Gasteiger partial charge in [-0.05, 0) is 57.5 Å². The molecule has 1 saturated carbocycles. The van der Waals surface area contributed by atoms with Gasteiger partial charge in [0.15, 0.2) is 11.3 Å². The van der Waals surface area contributed by atoms with Crippen LogP contribution in [0, 0.1) is 0 Å². The summed E-state index contributed by atoms with van der Waals surface area (Å²) in [5.74, 6) is 0.127. The van der Waals surface area contributed by atoms with Gasteiger partial charge < -0.3 is 19.3 Å². The lowest BCUT2D eigenvalue weighted by atomic mass is 9.95. The van der Waals surface area contributed by atoms with Crippen molar-refractivity contribution in [3.8, 4) is 17.0 Å². The first-order valence-electron chi connectivity index (χ1n) is 13.2. The number of benzene rings is 1. The molecule has 36 heavy (non-hydrogen) atoms. The maximum absolute atomic E-state index is 12.6. The first-order valence-corrected chi connectivity index (χ1v) is 13.2. The number of piperazine rings is 1. The Bertz CT molecular complexity index is 1210. The Kier molecular flexibility index (Phi) is 7.14. The highest BCUT2D eigenvalue weighted by Gasteiger charge is 2.27. The van der Waals surface area contributed by atoms with E-state index in [1.807, 2.05) is 24.6 Å². The average Bonchev–Trinajstić information content (AvgIpc) is 3.26. The Morgan fingerprint density at radius 1 is 1.03 bits per heavy atom. The standard InChI is InChI=1S/C28H37N5O3/c1-19(2)36-27-25-23(20-10-12-21(13-11-20)32-16-14-31(3)15-17-32)18-24(28(34)35-4)29-26(25)33(30-27)22-8-6-5-7-9-22/h10-13,18-19,22H,5-9,14-17H2,1-4H3. The van der Waals surface area contributed by atoms with Gasteiger partial charge in [-0.25, -0.2) is 14.5 Å². The molecule has 1 saturated heterocycles. The van der Waals surface area contributed by atoms with Crippen molar-refractivity contribution in [2.75, 3.05) is 45.2 Å². The van der Waals surface area contributed by atoms with E-state index in [1.165, 1.54) is 32.1 Å². The summed E-state index contributed by atoms with van der Waals surface area (Å²) in [6.07, 6.45) is 5.66. The van der Waals surface area contributed by atoms with Gasteiger partial charge in [0.25, 0.3) is 0 Å². The molecule has 3 aromatic rings. The molecule has 8 nitrogen and oxygen atoms in total. The second-order valence-electron chi connectivity index (χ2n) is 10.3. The third-order valence-electron chi connectivity index (χ3n) is 7.34. The molecular weight excluding hydrogens is 454 g/mol. The van der Waals surface area contributed by atoms with Crippen LogP contribution < -0.4 is 9.64 Å². The number of hydrogen-bond donors (Lipinski definition) is 0. The van der Waals surface area contributed by atoms with E-state index in [0.29, 0.717) is 11.5 Å². The lowest BCUT2D eigenvalue weighted by Gasteiger charge is -2.34. The Morgan fingerprint density at radius 3 is 2.36 bits per heavy atom. The SMILES string of the molecule is COC(=O)c1cc(-c2ccc(N3CCN(C)CC3)cc2)c2c(OC(C)C)nn(C3CCCCC3)c2n1. The second-order valence-corrected chi connectivity index (χ2v) is 10.3. The number of esters is 1. The van der Waals surface area contributed by atoms with E-state index in [1.54, 1.807) is 0 Å². The first kappa shape index (κ1) is 24.6. The van der Waals surface area contributed by atoms with Crippen molar-refractivity contribution < 1.29 is 14.3 Å². The molecule has 0 amide bonds. The lowest BCUT2D eigenvalue weighted by molar-refractivity contribution is 0.0594. The number of ether oxygens (including phenoxy) is 2. The molecular formula is C28H37N5O3. The number of methoxy groups -OCH3 is 1. The predicted molar refractivity (Wildman–Crippen MR) is 142 cm³/mol. The number of likely N-dealkylation sites (N-methyl/N-ethyl adjacent to an activating group) is 1. The zero-order valence-corrected chi connectivity index (χ0v) is 21.9. The molecule has 2 fully saturated rings. The third kappa shape index (κ3) is 4.91. The van der Waals surface area contributed by atoms with Crippen LogP contribution >= 0.6 is 0 Å². The Balaban J connectivity index is 1.63. The molecule has 0 radical (unpaired) electrons. The van der Waals surface area contributed by atoms with E-state index in [-0.39, 0.29) is 17.8 Å². The fourth-order valence-electron chi connectivity index (χ4n) is 5.34. The van der Waals surface area contributed by atoms with Crippen LogP contribution in [-0.4, -0.2) is 72.1 Å². The monoisotopic (exact) mass is 491 g/mol. The van der Waals surface area contributed by atoms with Gasteiger partial charge in [0.2, 0.25) is 5.88 Å². The maximum atomic E-state index is 12.6. The summed E-state index contributed by atoms with van der Waals surface area (Å²) in [7, 11) is 3.56. The number of rotatable bonds is 6. The number of hydrogen-bond acceptors (Lipinski definition) is 7. The van der Waals surface area contributed by atoms with Crippen molar-refractivity contribution >= 4 is 22.7 Å². The van der Waals surface area contributed by atoms with Gasteiger partial charge in [-0.3, -0.25) is 0 Å². The number of aromatic nitrogens is 3. The molecule has 0 atom stereocenters. The quantitative estimate of drug-likeness (QED) is 0.453. The van der Waals surface area contributed by atoms with E-state index in [9.17, 15) is 4.79 Å². The zero-order chi connectivity index (χ0) is 25.2. The van der Waals surface area contributed by atoms with Crippen LogP contribution in [0.4, 0.5) is 5.69 Å². The molecule has 5 rings (SSSR count). The van der Waals surface area contributed by atoms with Crippen LogP contribution in [0.2, 0.25) is 0 Å². The predicted octanol–water partition coefficient (Wildman–Crippen LogP) is 4.93. The number of carbonyl (C=O) groups is 1. The Hall–Kier alpha value is -3.13. The van der Waals surface area contributed by atoms with Gasteiger partial charge in [-0.15, -0.1) is 5.10 Å². The number of nitrogens with zero attached hydrogens (tertiary/aromatic N) is 5. The van der Waals surface area contributed by atoms with E-state index in [0.717, 1.165) is 55.5 Å². The third-order valence-corrected chi connectivity index (χ3v) is 7.34. The molecule has 2 aliphatic rings. The fraction of sp³-hybridized carbons (Fsp3) is 0.536. The normalized spacial score (nSPS) is 17.6. The number of anilines is 1. The minimum atomic E-state index is -0.449. The maximum Gasteiger partial charge on any atom is 0.356 e. The van der Waals surface area contributed by atoms with Gasteiger partial charge >= 0.3 is 5.97 Å². The summed E-state index contributed by atoms with van der Waals surface area (Å²) in [5, 5.41) is 5.79. The van der Waals surface area contributed by atoms with Gasteiger partial charge in [-0.1, -0.05) is 31.4 Å². The number of fused-ring (bicyclic) bond motifs is 1. The van der Waals surface area contributed by atoms with Crippen LogP contribution in [-0.2, 0) is 4.74 Å². The van der Waals surface area contributed by atoms with Crippen LogP contribution in [0.15, 0.2) is 30.3 Å². The van der Waals surface area contributed by atoms with Crippen LogP contribution in [0.5, 0.6) is 5.88 Å². The molecule has 0 unspecified atom stereocenters. The van der Waals surface area contributed by atoms with Crippen LogP contribution in [0.3, 0.4) is 0 Å². The number of pyridine rings is 1. The largest absolute Gasteiger partial charge is 0.473 e. The van der Waals surface area contributed by atoms with E-state index in [4.69, 9.17) is 19.6 Å². The zero-order valence-electron chi connectivity index (χ0n) is 21.9. The topological polar surface area (TPSA) is 72.7 Å². The summed E-state index contributed by atoms with van der Waals surface area (Å²) in [6, 6.07) is 10.7.